The van der Waals surface area contributed by atoms with Gasteiger partial charge in [-0.05, 0) is 36.5 Å². The predicted molar refractivity (Wildman–Crippen MR) is 153 cm³/mol. The van der Waals surface area contributed by atoms with Crippen molar-refractivity contribution in [3.63, 3.8) is 0 Å². The summed E-state index contributed by atoms with van der Waals surface area (Å²) in [4.78, 5) is 72.3. The second kappa shape index (κ2) is 14.9. The highest BCUT2D eigenvalue weighted by Gasteiger charge is 2.31. The Morgan fingerprint density at radius 2 is 1.66 bits per heavy atom. The molecule has 220 valence electrons. The van der Waals surface area contributed by atoms with Crippen LogP contribution in [0.2, 0.25) is 0 Å². The van der Waals surface area contributed by atoms with Crippen LogP contribution in [0.15, 0.2) is 43.0 Å². The molecule has 0 aliphatic heterocycles. The molecule has 0 spiro atoms. The van der Waals surface area contributed by atoms with Crippen LogP contribution >= 0.6 is 11.8 Å². The molecule has 4 unspecified atom stereocenters. The Kier molecular flexibility index (Phi) is 11.3. The number of nitrogens with one attached hydrogen (secondary N) is 5. The van der Waals surface area contributed by atoms with Crippen molar-refractivity contribution in [2.75, 3.05) is 12.0 Å². The molecule has 0 radical (unpaired) electrons. The molecule has 0 aliphatic rings. The number of rotatable bonds is 16. The zero-order chi connectivity index (χ0) is 29.9. The second-order valence-electron chi connectivity index (χ2n) is 9.42. The quantitative estimate of drug-likeness (QED) is 0.104. The van der Waals surface area contributed by atoms with Gasteiger partial charge in [-0.2, -0.15) is 11.8 Å². The van der Waals surface area contributed by atoms with Crippen LogP contribution in [0.1, 0.15) is 24.1 Å². The number of carboxylic acid groups (broad SMARTS) is 1. The van der Waals surface area contributed by atoms with E-state index in [0.717, 1.165) is 16.5 Å². The number of amides is 4. The minimum absolute atomic E-state index is 0.112. The van der Waals surface area contributed by atoms with Crippen molar-refractivity contribution in [3.05, 3.63) is 54.2 Å². The number of benzene rings is 1. The minimum Gasteiger partial charge on any atom is -0.480 e. The monoisotopic (exact) mass is 586 g/mol. The molecule has 0 aliphatic carbocycles. The maximum absolute atomic E-state index is 13.2. The number of hydrogen-bond acceptors (Lipinski definition) is 8. The molecule has 41 heavy (non-hydrogen) atoms. The van der Waals surface area contributed by atoms with E-state index in [2.05, 4.69) is 30.9 Å². The fourth-order valence-corrected chi connectivity index (χ4v) is 4.66. The van der Waals surface area contributed by atoms with Crippen molar-refractivity contribution in [2.24, 2.45) is 11.5 Å². The Balaban J connectivity index is 1.68. The summed E-state index contributed by atoms with van der Waals surface area (Å²) in [5.74, 6) is -3.96. The number of primary amides is 1. The van der Waals surface area contributed by atoms with Gasteiger partial charge in [-0.25, -0.2) is 9.78 Å². The highest BCUT2D eigenvalue weighted by atomic mass is 32.2. The number of thioether (sulfide) groups is 1. The number of aromatic nitrogens is 3. The first-order valence-electron chi connectivity index (χ1n) is 12.8. The summed E-state index contributed by atoms with van der Waals surface area (Å²) in [6.07, 6.45) is 6.10. The number of imidazole rings is 1. The molecular formula is C26H34N8O6S. The van der Waals surface area contributed by atoms with Gasteiger partial charge in [0.25, 0.3) is 0 Å². The number of aliphatic carboxylic acids is 1. The average Bonchev–Trinajstić information content (AvgIpc) is 3.59. The van der Waals surface area contributed by atoms with Crippen molar-refractivity contribution in [1.82, 2.24) is 30.9 Å². The van der Waals surface area contributed by atoms with Crippen LogP contribution in [0.3, 0.4) is 0 Å². The van der Waals surface area contributed by atoms with E-state index in [-0.39, 0.29) is 19.3 Å². The zero-order valence-corrected chi connectivity index (χ0v) is 23.2. The summed E-state index contributed by atoms with van der Waals surface area (Å²) < 4.78 is 0. The maximum Gasteiger partial charge on any atom is 0.326 e. The number of H-pyrrole nitrogens is 2. The van der Waals surface area contributed by atoms with Gasteiger partial charge in [-0.15, -0.1) is 0 Å². The third kappa shape index (κ3) is 9.08. The summed E-state index contributed by atoms with van der Waals surface area (Å²) in [6, 6.07) is 2.69. The molecule has 0 bridgehead atoms. The van der Waals surface area contributed by atoms with Gasteiger partial charge in [0.1, 0.15) is 18.1 Å². The molecular weight excluding hydrogens is 552 g/mol. The number of hydrogen-bond donors (Lipinski definition) is 8. The first-order valence-corrected chi connectivity index (χ1v) is 14.2. The first kappa shape index (κ1) is 31.2. The average molecular weight is 587 g/mol. The van der Waals surface area contributed by atoms with E-state index in [0.29, 0.717) is 11.4 Å². The van der Waals surface area contributed by atoms with Crippen molar-refractivity contribution in [1.29, 1.82) is 0 Å². The summed E-state index contributed by atoms with van der Waals surface area (Å²) in [7, 11) is 0. The van der Waals surface area contributed by atoms with Crippen molar-refractivity contribution < 1.29 is 29.1 Å². The molecule has 2 aromatic heterocycles. The standard InChI is InChI=1S/C26H34N8O6S/c1-41-7-6-19(32-23(36)17(27)8-14-11-30-18-5-3-2-4-16(14)18)24(37)33-20(10-22(28)35)25(38)34-21(26(39)40)9-15-12-29-13-31-15/h2-5,11-13,17,19-21,30H,6-10,27H2,1H3,(H2,28,35)(H,29,31)(H,32,36)(H,33,37)(H,34,38)(H,39,40). The number of fused-ring (bicyclic) bond motifs is 1. The van der Waals surface area contributed by atoms with Crippen LogP contribution < -0.4 is 27.4 Å². The lowest BCUT2D eigenvalue weighted by atomic mass is 10.0. The van der Waals surface area contributed by atoms with Crippen LogP contribution in [-0.4, -0.2) is 85.8 Å². The number of nitrogens with zero attached hydrogens (tertiary/aromatic N) is 1. The lowest BCUT2D eigenvalue weighted by Crippen LogP contribution is -2.58. The highest BCUT2D eigenvalue weighted by molar-refractivity contribution is 7.98. The smallest absolute Gasteiger partial charge is 0.326 e. The van der Waals surface area contributed by atoms with Crippen LogP contribution in [0.25, 0.3) is 10.9 Å². The number of nitrogens with two attached hydrogens (primary N) is 2. The molecule has 1 aromatic carbocycles. The van der Waals surface area contributed by atoms with E-state index >= 15 is 0 Å². The predicted octanol–water partition coefficient (Wildman–Crippen LogP) is -0.829. The van der Waals surface area contributed by atoms with Gasteiger partial charge in [0.2, 0.25) is 23.6 Å². The lowest BCUT2D eigenvalue weighted by Gasteiger charge is -2.24. The Bertz CT molecular complexity index is 1360. The maximum atomic E-state index is 13.2. The Hall–Kier alpha value is -4.37. The van der Waals surface area contributed by atoms with Crippen LogP contribution in [0.5, 0.6) is 0 Å². The van der Waals surface area contributed by atoms with Gasteiger partial charge in [0, 0.05) is 35.4 Å². The van der Waals surface area contributed by atoms with Crippen LogP contribution in [0, 0.1) is 0 Å². The second-order valence-corrected chi connectivity index (χ2v) is 10.4. The number of carbonyl (C=O) groups excluding carboxylic acids is 4. The third-order valence-electron chi connectivity index (χ3n) is 6.33. The number of para-hydroxylation sites is 1. The minimum atomic E-state index is -1.47. The molecule has 0 saturated carbocycles. The highest BCUT2D eigenvalue weighted by Crippen LogP contribution is 2.19. The van der Waals surface area contributed by atoms with Gasteiger partial charge >= 0.3 is 5.97 Å². The summed E-state index contributed by atoms with van der Waals surface area (Å²) in [6.45, 7) is 0. The van der Waals surface area contributed by atoms with E-state index in [1.54, 1.807) is 6.20 Å². The van der Waals surface area contributed by atoms with Gasteiger partial charge < -0.3 is 42.5 Å². The molecule has 3 aromatic rings. The molecule has 3 rings (SSSR count). The Labute approximate surface area is 239 Å². The van der Waals surface area contributed by atoms with Crippen molar-refractivity contribution >= 4 is 52.3 Å². The molecule has 14 nitrogen and oxygen atoms in total. The fourth-order valence-electron chi connectivity index (χ4n) is 4.18. The normalized spacial score (nSPS) is 14.0. The zero-order valence-electron chi connectivity index (χ0n) is 22.4. The fraction of sp³-hybridized carbons (Fsp3) is 0.385. The number of carbonyl (C=O) groups is 5. The molecule has 15 heteroatoms. The van der Waals surface area contributed by atoms with Gasteiger partial charge in [0.15, 0.2) is 0 Å². The summed E-state index contributed by atoms with van der Waals surface area (Å²) in [5.41, 5.74) is 13.7. The van der Waals surface area contributed by atoms with E-state index in [1.807, 2.05) is 30.5 Å². The van der Waals surface area contributed by atoms with E-state index < -0.39 is 60.2 Å². The molecule has 0 fully saturated rings. The first-order chi connectivity index (χ1) is 19.6. The number of aromatic amines is 2. The van der Waals surface area contributed by atoms with Crippen LogP contribution in [-0.2, 0) is 36.8 Å². The van der Waals surface area contributed by atoms with Gasteiger partial charge in [-0.1, -0.05) is 18.2 Å². The third-order valence-corrected chi connectivity index (χ3v) is 6.97. The number of carboxylic acids is 1. The van der Waals surface area contributed by atoms with Crippen molar-refractivity contribution in [2.45, 2.75) is 49.9 Å². The largest absolute Gasteiger partial charge is 0.480 e. The Morgan fingerprint density at radius 1 is 0.976 bits per heavy atom. The molecule has 0 saturated heterocycles. The van der Waals surface area contributed by atoms with Crippen LogP contribution in [0.4, 0.5) is 0 Å². The SMILES string of the molecule is CSCCC(NC(=O)C(N)Cc1c[nH]c2ccccc12)C(=O)NC(CC(N)=O)C(=O)NC(Cc1cnc[nH]1)C(=O)O. The van der Waals surface area contributed by atoms with E-state index in [9.17, 15) is 29.1 Å². The molecule has 4 atom stereocenters. The van der Waals surface area contributed by atoms with E-state index in [1.165, 1.54) is 24.3 Å². The van der Waals surface area contributed by atoms with Gasteiger partial charge in [-0.3, -0.25) is 19.2 Å². The Morgan fingerprint density at radius 3 is 2.32 bits per heavy atom. The summed E-state index contributed by atoms with van der Waals surface area (Å²) in [5, 5.41) is 17.9. The molecule has 2 heterocycles. The lowest BCUT2D eigenvalue weighted by molar-refractivity contribution is -0.142. The topological polar surface area (TPSA) is 238 Å². The summed E-state index contributed by atoms with van der Waals surface area (Å²) >= 11 is 1.44. The molecule has 4 amide bonds. The van der Waals surface area contributed by atoms with E-state index in [4.69, 9.17) is 11.5 Å². The van der Waals surface area contributed by atoms with Crippen molar-refractivity contribution in [3.8, 4) is 0 Å². The van der Waals surface area contributed by atoms with Gasteiger partial charge in [0.05, 0.1) is 18.8 Å². The molecule has 10 N–H and O–H groups in total.